The van der Waals surface area contributed by atoms with Gasteiger partial charge in [0, 0.05) is 0 Å². The molecule has 0 bridgehead atoms. The van der Waals surface area contributed by atoms with Crippen LogP contribution >= 0.6 is 0 Å². The Hall–Kier alpha value is -2.15. The monoisotopic (exact) mass is 257 g/mol. The Morgan fingerprint density at radius 1 is 1.44 bits per heavy atom. The molecule has 0 fully saturated rings. The maximum Gasteiger partial charge on any atom is 0.206 e. The number of nitriles is 1. The van der Waals surface area contributed by atoms with E-state index in [2.05, 4.69) is 16.0 Å². The fourth-order valence-corrected chi connectivity index (χ4v) is 2.43. The molecular weight excluding hydrogens is 246 g/mol. The normalized spacial score (nSPS) is 17.6. The van der Waals surface area contributed by atoms with Gasteiger partial charge in [-0.15, -0.1) is 5.73 Å². The van der Waals surface area contributed by atoms with Gasteiger partial charge in [0.25, 0.3) is 0 Å². The van der Waals surface area contributed by atoms with Gasteiger partial charge in [0.05, 0.1) is 11.4 Å². The molecule has 1 aliphatic rings. The summed E-state index contributed by atoms with van der Waals surface area (Å²) in [5.41, 5.74) is 4.17. The quantitative estimate of drug-likeness (QED) is 0.495. The van der Waals surface area contributed by atoms with Gasteiger partial charge < -0.3 is 0 Å². The summed E-state index contributed by atoms with van der Waals surface area (Å²) < 4.78 is 11.8. The first kappa shape index (κ1) is 12.3. The van der Waals surface area contributed by atoms with E-state index in [4.69, 9.17) is 5.26 Å². The van der Waals surface area contributed by atoms with Gasteiger partial charge in [-0.2, -0.15) is 5.26 Å². The van der Waals surface area contributed by atoms with Gasteiger partial charge in [0.15, 0.2) is 6.19 Å². The Labute approximate surface area is 108 Å². The average Bonchev–Trinajstić information content (AvgIpc) is 2.73. The summed E-state index contributed by atoms with van der Waals surface area (Å²) in [6.45, 7) is 0.335. The van der Waals surface area contributed by atoms with Crippen LogP contribution in [0, 0.1) is 11.5 Å². The minimum Gasteiger partial charge on any atom is -0.269 e. The third kappa shape index (κ3) is 2.95. The second-order valence-electron chi connectivity index (χ2n) is 3.59. The maximum atomic E-state index is 11.8. The lowest BCUT2D eigenvalue weighted by molar-refractivity contribution is 0.693. The first-order valence-electron chi connectivity index (χ1n) is 5.40. The molecule has 4 nitrogen and oxygen atoms in total. The molecule has 1 atom stereocenters. The molecule has 2 rings (SSSR count). The molecule has 0 aromatic heterocycles. The lowest BCUT2D eigenvalue weighted by Crippen LogP contribution is -2.19. The highest BCUT2D eigenvalue weighted by atomic mass is 32.2. The van der Waals surface area contributed by atoms with Crippen molar-refractivity contribution in [2.45, 2.75) is 6.42 Å². The summed E-state index contributed by atoms with van der Waals surface area (Å²) in [6.07, 6.45) is 4.30. The van der Waals surface area contributed by atoms with Gasteiger partial charge in [-0.05, 0) is 18.1 Å². The smallest absolute Gasteiger partial charge is 0.206 e. The van der Waals surface area contributed by atoms with Crippen LogP contribution < -0.4 is 5.32 Å². The Bertz CT molecular complexity index is 592. The topological polar surface area (TPSA) is 65.2 Å². The van der Waals surface area contributed by atoms with Crippen LogP contribution in [0.15, 0.2) is 52.0 Å². The molecule has 1 unspecified atom stereocenters. The summed E-state index contributed by atoms with van der Waals surface area (Å²) in [4.78, 5) is 4.58. The lowest BCUT2D eigenvalue weighted by Gasteiger charge is -1.93. The molecule has 1 N–H and O–H groups in total. The Kier molecular flexibility index (Phi) is 4.08. The number of benzene rings is 1. The van der Waals surface area contributed by atoms with Crippen LogP contribution in [0.5, 0.6) is 0 Å². The fraction of sp³-hybridized carbons (Fsp3) is 0.154. The van der Waals surface area contributed by atoms with Gasteiger partial charge >= 0.3 is 0 Å². The molecule has 1 aromatic rings. The minimum absolute atomic E-state index is 0.216. The van der Waals surface area contributed by atoms with E-state index >= 15 is 0 Å². The van der Waals surface area contributed by atoms with E-state index in [0.717, 1.165) is 6.42 Å². The van der Waals surface area contributed by atoms with Crippen molar-refractivity contribution in [1.29, 1.82) is 5.26 Å². The van der Waals surface area contributed by atoms with E-state index < -0.39 is 10.8 Å². The number of hydrogen-bond donors (Lipinski definition) is 1. The molecule has 0 aliphatic carbocycles. The largest absolute Gasteiger partial charge is 0.269 e. The molecule has 90 valence electrons. The van der Waals surface area contributed by atoms with Gasteiger partial charge in [-0.25, -0.2) is 4.21 Å². The van der Waals surface area contributed by atoms with Crippen LogP contribution in [-0.2, 0) is 17.2 Å². The van der Waals surface area contributed by atoms with Crippen molar-refractivity contribution in [2.24, 2.45) is 4.99 Å². The highest BCUT2D eigenvalue weighted by Gasteiger charge is 2.20. The number of nitrogens with zero attached hydrogens (tertiary/aromatic N) is 2. The third-order valence-corrected chi connectivity index (χ3v) is 3.65. The minimum atomic E-state index is -1.37. The van der Waals surface area contributed by atoms with E-state index in [1.807, 2.05) is 36.4 Å². The SMILES string of the molecule is N#CNC1=NCC(=C=CCc2ccccc2)S1=O. The Balaban J connectivity index is 2.04. The van der Waals surface area contributed by atoms with Crippen molar-refractivity contribution in [2.75, 3.05) is 6.54 Å². The van der Waals surface area contributed by atoms with Crippen LogP contribution in [0.25, 0.3) is 0 Å². The van der Waals surface area contributed by atoms with Crippen molar-refractivity contribution in [1.82, 2.24) is 5.32 Å². The van der Waals surface area contributed by atoms with E-state index in [1.165, 1.54) is 5.56 Å². The molecule has 18 heavy (non-hydrogen) atoms. The molecule has 1 heterocycles. The summed E-state index contributed by atoms with van der Waals surface area (Å²) in [5, 5.41) is 11.0. The lowest BCUT2D eigenvalue weighted by atomic mass is 10.1. The predicted octanol–water partition coefficient (Wildman–Crippen LogP) is 1.46. The number of hydrogen-bond acceptors (Lipinski definition) is 4. The van der Waals surface area contributed by atoms with Crippen molar-refractivity contribution >= 4 is 16.0 Å². The summed E-state index contributed by atoms with van der Waals surface area (Å²) >= 11 is 0. The zero-order valence-corrected chi connectivity index (χ0v) is 10.4. The highest BCUT2D eigenvalue weighted by Crippen LogP contribution is 2.10. The molecule has 1 aromatic carbocycles. The van der Waals surface area contributed by atoms with E-state index in [-0.39, 0.29) is 5.17 Å². The zero-order valence-electron chi connectivity index (χ0n) is 9.59. The number of nitrogens with one attached hydrogen (secondary N) is 1. The predicted molar refractivity (Wildman–Crippen MR) is 70.9 cm³/mol. The standard InChI is InChI=1S/C13H11N3OS/c14-10-16-13-15-9-12(18(13)17)8-4-7-11-5-2-1-3-6-11/h1-6H,7,9H2,(H,15,16). The van der Waals surface area contributed by atoms with Crippen molar-refractivity contribution < 1.29 is 4.21 Å². The van der Waals surface area contributed by atoms with Crippen molar-refractivity contribution in [3.63, 3.8) is 0 Å². The van der Waals surface area contributed by atoms with E-state index in [1.54, 1.807) is 6.19 Å². The van der Waals surface area contributed by atoms with Gasteiger partial charge in [0.1, 0.15) is 10.8 Å². The molecule has 5 heteroatoms. The second kappa shape index (κ2) is 5.97. The first-order valence-corrected chi connectivity index (χ1v) is 6.55. The van der Waals surface area contributed by atoms with Gasteiger partial charge in [0.2, 0.25) is 5.17 Å². The van der Waals surface area contributed by atoms with Crippen LogP contribution in [0.1, 0.15) is 5.56 Å². The van der Waals surface area contributed by atoms with Crippen LogP contribution in [0.4, 0.5) is 0 Å². The highest BCUT2D eigenvalue weighted by molar-refractivity contribution is 8.04. The zero-order chi connectivity index (χ0) is 12.8. The Morgan fingerprint density at radius 3 is 2.94 bits per heavy atom. The third-order valence-electron chi connectivity index (χ3n) is 2.37. The van der Waals surface area contributed by atoms with Crippen LogP contribution in [0.2, 0.25) is 0 Å². The van der Waals surface area contributed by atoms with Crippen molar-refractivity contribution in [3.05, 3.63) is 52.6 Å². The second-order valence-corrected chi connectivity index (χ2v) is 5.01. The summed E-state index contributed by atoms with van der Waals surface area (Å²) in [7, 11) is -1.37. The summed E-state index contributed by atoms with van der Waals surface area (Å²) in [6, 6.07) is 9.96. The molecule has 0 saturated heterocycles. The van der Waals surface area contributed by atoms with Gasteiger partial charge in [-0.1, -0.05) is 30.3 Å². The number of aliphatic imine (C=N–C) groups is 1. The molecule has 0 radical (unpaired) electrons. The van der Waals surface area contributed by atoms with E-state index in [9.17, 15) is 4.21 Å². The van der Waals surface area contributed by atoms with E-state index in [0.29, 0.717) is 11.4 Å². The number of rotatable bonds is 2. The maximum absolute atomic E-state index is 11.8. The van der Waals surface area contributed by atoms with Crippen LogP contribution in [-0.4, -0.2) is 15.9 Å². The molecule has 0 saturated carbocycles. The molecule has 1 aliphatic heterocycles. The van der Waals surface area contributed by atoms with Crippen molar-refractivity contribution in [3.8, 4) is 6.19 Å². The first-order chi connectivity index (χ1) is 8.81. The van der Waals surface area contributed by atoms with Gasteiger partial charge in [-0.3, -0.25) is 10.3 Å². The molecule has 0 amide bonds. The fourth-order valence-electron chi connectivity index (χ4n) is 1.51. The molecular formula is C13H11N3OS. The Morgan fingerprint density at radius 2 is 2.22 bits per heavy atom. The average molecular weight is 257 g/mol. The summed E-state index contributed by atoms with van der Waals surface area (Å²) in [5.74, 6) is 0. The molecule has 0 spiro atoms. The van der Waals surface area contributed by atoms with Crippen LogP contribution in [0.3, 0.4) is 0 Å². The number of amidine groups is 1.